The molecule has 0 fully saturated rings. The number of benzene rings is 1. The van der Waals surface area contributed by atoms with Crippen LogP contribution in [0.15, 0.2) is 38.0 Å². The maximum atomic E-state index is 12.7. The van der Waals surface area contributed by atoms with E-state index in [9.17, 15) is 13.2 Å². The van der Waals surface area contributed by atoms with E-state index >= 15 is 0 Å². The fourth-order valence-corrected chi connectivity index (χ4v) is 3.44. The van der Waals surface area contributed by atoms with Gasteiger partial charge in [-0.2, -0.15) is 13.2 Å². The van der Waals surface area contributed by atoms with Crippen LogP contribution in [0.25, 0.3) is 0 Å². The number of oxime groups is 1. The summed E-state index contributed by atoms with van der Waals surface area (Å²) in [7, 11) is 0. The Kier molecular flexibility index (Phi) is 4.43. The second kappa shape index (κ2) is 5.94. The molecule has 0 aliphatic heterocycles. The molecule has 0 radical (unpaired) electrons. The molecule has 0 spiro atoms. The van der Waals surface area contributed by atoms with E-state index in [2.05, 4.69) is 10.1 Å². The number of alkyl halides is 3. The first-order chi connectivity index (χ1) is 9.81. The van der Waals surface area contributed by atoms with E-state index in [4.69, 9.17) is 10.9 Å². The standard InChI is InChI=1S/C12H10F3N3OS2/c1-6-5-20-11(17-6)21-9-3-2-7(12(13,14)15)4-8(9)10(16)18-19/h2-5,19H,1H3,(H2,16,18). The van der Waals surface area contributed by atoms with Crippen molar-refractivity contribution in [2.45, 2.75) is 22.3 Å². The van der Waals surface area contributed by atoms with Crippen molar-refractivity contribution < 1.29 is 18.4 Å². The van der Waals surface area contributed by atoms with Crippen molar-refractivity contribution in [3.8, 4) is 0 Å². The van der Waals surface area contributed by atoms with E-state index in [0.29, 0.717) is 9.24 Å². The summed E-state index contributed by atoms with van der Waals surface area (Å²) < 4.78 is 38.9. The Morgan fingerprint density at radius 3 is 2.67 bits per heavy atom. The maximum Gasteiger partial charge on any atom is 0.416 e. The van der Waals surface area contributed by atoms with Crippen molar-refractivity contribution in [1.82, 2.24) is 4.98 Å². The van der Waals surface area contributed by atoms with Crippen molar-refractivity contribution in [2.75, 3.05) is 0 Å². The molecule has 0 amide bonds. The Bertz CT molecular complexity index is 683. The predicted octanol–water partition coefficient (Wildman–Crippen LogP) is 3.72. The first-order valence-electron chi connectivity index (χ1n) is 5.60. The third-order valence-electron chi connectivity index (χ3n) is 2.49. The zero-order valence-corrected chi connectivity index (χ0v) is 12.3. The highest BCUT2D eigenvalue weighted by Gasteiger charge is 2.31. The third-order valence-corrected chi connectivity index (χ3v) is 4.62. The fourth-order valence-electron chi connectivity index (χ4n) is 1.52. The summed E-state index contributed by atoms with van der Waals surface area (Å²) in [4.78, 5) is 4.66. The molecule has 0 unspecified atom stereocenters. The minimum Gasteiger partial charge on any atom is -0.409 e. The molecule has 2 aromatic rings. The Morgan fingerprint density at radius 1 is 1.43 bits per heavy atom. The van der Waals surface area contributed by atoms with E-state index in [1.165, 1.54) is 29.2 Å². The van der Waals surface area contributed by atoms with E-state index in [1.807, 2.05) is 12.3 Å². The molecule has 0 aliphatic carbocycles. The minimum atomic E-state index is -4.49. The molecular weight excluding hydrogens is 323 g/mol. The summed E-state index contributed by atoms with van der Waals surface area (Å²) in [6.45, 7) is 1.82. The molecule has 1 aromatic carbocycles. The topological polar surface area (TPSA) is 71.5 Å². The molecule has 21 heavy (non-hydrogen) atoms. The smallest absolute Gasteiger partial charge is 0.409 e. The summed E-state index contributed by atoms with van der Waals surface area (Å²) in [6, 6.07) is 3.10. The zero-order chi connectivity index (χ0) is 15.6. The molecule has 0 saturated carbocycles. The number of halogens is 3. The first-order valence-corrected chi connectivity index (χ1v) is 7.30. The number of hydrogen-bond donors (Lipinski definition) is 2. The van der Waals surface area contributed by atoms with Gasteiger partial charge in [0.1, 0.15) is 0 Å². The molecule has 0 atom stereocenters. The molecule has 9 heteroatoms. The molecule has 112 valence electrons. The number of nitrogens with two attached hydrogens (primary N) is 1. The van der Waals surface area contributed by atoms with Crippen LogP contribution in [0.3, 0.4) is 0 Å². The van der Waals surface area contributed by atoms with E-state index < -0.39 is 11.7 Å². The average molecular weight is 333 g/mol. The van der Waals surface area contributed by atoms with Crippen molar-refractivity contribution in [3.63, 3.8) is 0 Å². The summed E-state index contributed by atoms with van der Waals surface area (Å²) in [5.41, 5.74) is 5.45. The molecule has 0 saturated heterocycles. The summed E-state index contributed by atoms with van der Waals surface area (Å²) in [5, 5.41) is 13.4. The molecular formula is C12H10F3N3OS2. The minimum absolute atomic E-state index is 0.0187. The van der Waals surface area contributed by atoms with Crippen molar-refractivity contribution in [1.29, 1.82) is 0 Å². The van der Waals surface area contributed by atoms with Gasteiger partial charge in [0, 0.05) is 21.5 Å². The Morgan fingerprint density at radius 2 is 2.14 bits per heavy atom. The van der Waals surface area contributed by atoms with Crippen LogP contribution < -0.4 is 5.73 Å². The monoisotopic (exact) mass is 333 g/mol. The van der Waals surface area contributed by atoms with Crippen LogP contribution in [-0.2, 0) is 6.18 Å². The molecule has 3 N–H and O–H groups in total. The Labute approximate surface area is 126 Å². The molecule has 0 bridgehead atoms. The number of nitrogens with zero attached hydrogens (tertiary/aromatic N) is 2. The Balaban J connectivity index is 2.45. The van der Waals surface area contributed by atoms with Gasteiger partial charge in [-0.3, -0.25) is 0 Å². The largest absolute Gasteiger partial charge is 0.416 e. The summed E-state index contributed by atoms with van der Waals surface area (Å²) in [6.07, 6.45) is -4.49. The van der Waals surface area contributed by atoms with Gasteiger partial charge in [0.25, 0.3) is 0 Å². The maximum absolute atomic E-state index is 12.7. The van der Waals surface area contributed by atoms with E-state index in [-0.39, 0.29) is 11.4 Å². The van der Waals surface area contributed by atoms with Gasteiger partial charge in [-0.05, 0) is 25.1 Å². The second-order valence-corrected chi connectivity index (χ2v) is 6.20. The van der Waals surface area contributed by atoms with E-state index in [0.717, 1.165) is 17.8 Å². The van der Waals surface area contributed by atoms with Crippen LogP contribution in [0.2, 0.25) is 0 Å². The fraction of sp³-hybridized carbons (Fsp3) is 0.167. The lowest BCUT2D eigenvalue weighted by molar-refractivity contribution is -0.137. The van der Waals surface area contributed by atoms with Gasteiger partial charge in [0.05, 0.1) is 5.56 Å². The van der Waals surface area contributed by atoms with Gasteiger partial charge in [0.15, 0.2) is 10.2 Å². The number of hydrogen-bond acceptors (Lipinski definition) is 5. The van der Waals surface area contributed by atoms with Crippen LogP contribution in [-0.4, -0.2) is 16.0 Å². The van der Waals surface area contributed by atoms with Crippen molar-refractivity contribution in [3.05, 3.63) is 40.4 Å². The lowest BCUT2D eigenvalue weighted by atomic mass is 10.1. The second-order valence-electron chi connectivity index (χ2n) is 4.05. The molecule has 1 aromatic heterocycles. The van der Waals surface area contributed by atoms with Crippen LogP contribution in [0.1, 0.15) is 16.8 Å². The molecule has 2 rings (SSSR count). The van der Waals surface area contributed by atoms with Crippen LogP contribution in [0, 0.1) is 6.92 Å². The number of rotatable bonds is 3. The first kappa shape index (κ1) is 15.6. The SMILES string of the molecule is Cc1csc(Sc2ccc(C(F)(F)F)cc2/C(N)=N/O)n1. The third kappa shape index (κ3) is 3.67. The quantitative estimate of drug-likeness (QED) is 0.389. The highest BCUT2D eigenvalue weighted by molar-refractivity contribution is 8.01. The van der Waals surface area contributed by atoms with Crippen LogP contribution in [0.4, 0.5) is 13.2 Å². The molecule has 4 nitrogen and oxygen atoms in total. The highest BCUT2D eigenvalue weighted by Crippen LogP contribution is 2.36. The average Bonchev–Trinajstić information content (AvgIpc) is 2.82. The predicted molar refractivity (Wildman–Crippen MR) is 74.9 cm³/mol. The van der Waals surface area contributed by atoms with Crippen molar-refractivity contribution in [2.24, 2.45) is 10.9 Å². The summed E-state index contributed by atoms with van der Waals surface area (Å²) >= 11 is 2.53. The van der Waals surface area contributed by atoms with Crippen LogP contribution >= 0.6 is 23.1 Å². The number of amidine groups is 1. The van der Waals surface area contributed by atoms with Crippen molar-refractivity contribution >= 4 is 28.9 Å². The van der Waals surface area contributed by atoms with Gasteiger partial charge in [-0.1, -0.05) is 16.9 Å². The highest BCUT2D eigenvalue weighted by atomic mass is 32.2. The summed E-state index contributed by atoms with van der Waals surface area (Å²) in [5.74, 6) is -0.378. The van der Waals surface area contributed by atoms with E-state index in [1.54, 1.807) is 0 Å². The Hall–Kier alpha value is -1.74. The number of thiazole rings is 1. The van der Waals surface area contributed by atoms with Gasteiger partial charge in [-0.25, -0.2) is 4.98 Å². The lowest BCUT2D eigenvalue weighted by Gasteiger charge is -2.11. The molecule has 0 aliphatic rings. The van der Waals surface area contributed by atoms with Gasteiger partial charge in [0.2, 0.25) is 0 Å². The van der Waals surface area contributed by atoms with Gasteiger partial charge in [-0.15, -0.1) is 11.3 Å². The normalized spacial score (nSPS) is 12.7. The molecule has 1 heterocycles. The van der Waals surface area contributed by atoms with Gasteiger partial charge < -0.3 is 10.9 Å². The zero-order valence-electron chi connectivity index (χ0n) is 10.7. The number of aryl methyl sites for hydroxylation is 1. The number of aromatic nitrogens is 1. The lowest BCUT2D eigenvalue weighted by Crippen LogP contribution is -2.16. The van der Waals surface area contributed by atoms with Gasteiger partial charge >= 0.3 is 6.18 Å². The van der Waals surface area contributed by atoms with Crippen LogP contribution in [0.5, 0.6) is 0 Å².